The Morgan fingerprint density at radius 1 is 1.24 bits per heavy atom. The Morgan fingerprint density at radius 3 is 2.53 bits per heavy atom. The number of nitrogens with zero attached hydrogens (tertiary/aromatic N) is 2. The first-order valence-corrected chi connectivity index (χ1v) is 5.90. The summed E-state index contributed by atoms with van der Waals surface area (Å²) in [5, 5.41) is 7.61. The zero-order chi connectivity index (χ0) is 12.3. The zero-order valence-corrected chi connectivity index (χ0v) is 10.4. The number of ether oxygens (including phenoxy) is 1. The average Bonchev–Trinajstić information content (AvgIpc) is 2.39. The van der Waals surface area contributed by atoms with Gasteiger partial charge in [-0.15, -0.1) is 0 Å². The van der Waals surface area contributed by atoms with E-state index in [9.17, 15) is 0 Å². The van der Waals surface area contributed by atoms with Crippen LogP contribution < -0.4 is 9.64 Å². The molecule has 0 bridgehead atoms. The number of methoxy groups -OCH3 is 1. The minimum absolute atomic E-state index is 0.662. The zero-order valence-electron chi connectivity index (χ0n) is 10.4. The number of benzene rings is 1. The highest BCUT2D eigenvalue weighted by molar-refractivity contribution is 5.76. The third-order valence-electron chi connectivity index (χ3n) is 3.17. The van der Waals surface area contributed by atoms with Crippen molar-refractivity contribution in [3.05, 3.63) is 24.3 Å². The summed E-state index contributed by atoms with van der Waals surface area (Å²) in [4.78, 5) is 4.44. The molecule has 1 aromatic rings. The summed E-state index contributed by atoms with van der Waals surface area (Å²) in [5.41, 5.74) is 1.20. The Balaban J connectivity index is 2.02. The van der Waals surface area contributed by atoms with Gasteiger partial charge in [-0.2, -0.15) is 0 Å². The summed E-state index contributed by atoms with van der Waals surface area (Å²) in [5.74, 6) is 1.56. The van der Waals surface area contributed by atoms with E-state index in [1.54, 1.807) is 7.11 Å². The predicted octanol–water partition coefficient (Wildman–Crippen LogP) is 1.81. The molecule has 0 spiro atoms. The molecule has 4 nitrogen and oxygen atoms in total. The molecule has 0 saturated carbocycles. The second-order valence-corrected chi connectivity index (χ2v) is 4.26. The second-order valence-electron chi connectivity index (χ2n) is 4.26. The Kier molecular flexibility index (Phi) is 3.52. The predicted molar refractivity (Wildman–Crippen MR) is 70.2 cm³/mol. The van der Waals surface area contributed by atoms with Crippen molar-refractivity contribution in [1.29, 1.82) is 5.41 Å². The summed E-state index contributed by atoms with van der Waals surface area (Å²) in [7, 11) is 1.69. The van der Waals surface area contributed by atoms with Crippen molar-refractivity contribution in [1.82, 2.24) is 4.90 Å². The molecule has 1 N–H and O–H groups in total. The van der Waals surface area contributed by atoms with Crippen LogP contribution in [0.15, 0.2) is 24.3 Å². The van der Waals surface area contributed by atoms with Crippen LogP contribution in [0.1, 0.15) is 6.92 Å². The fourth-order valence-corrected chi connectivity index (χ4v) is 2.11. The van der Waals surface area contributed by atoms with Crippen LogP contribution in [0, 0.1) is 5.41 Å². The smallest absolute Gasteiger partial charge is 0.120 e. The maximum Gasteiger partial charge on any atom is 0.120 e. The lowest BCUT2D eigenvalue weighted by Gasteiger charge is -2.36. The second kappa shape index (κ2) is 5.08. The van der Waals surface area contributed by atoms with Gasteiger partial charge >= 0.3 is 0 Å². The Morgan fingerprint density at radius 2 is 1.94 bits per heavy atom. The van der Waals surface area contributed by atoms with E-state index in [4.69, 9.17) is 10.1 Å². The van der Waals surface area contributed by atoms with Gasteiger partial charge < -0.3 is 14.5 Å². The van der Waals surface area contributed by atoms with Crippen molar-refractivity contribution >= 4 is 11.5 Å². The Bertz CT molecular complexity index is 397. The first-order chi connectivity index (χ1) is 8.20. The average molecular weight is 233 g/mol. The van der Waals surface area contributed by atoms with Crippen LogP contribution in [0.3, 0.4) is 0 Å². The van der Waals surface area contributed by atoms with Gasteiger partial charge in [-0.25, -0.2) is 0 Å². The molecule has 92 valence electrons. The lowest BCUT2D eigenvalue weighted by Crippen LogP contribution is -2.47. The maximum absolute atomic E-state index is 7.61. The van der Waals surface area contributed by atoms with Crippen molar-refractivity contribution < 1.29 is 4.74 Å². The van der Waals surface area contributed by atoms with Crippen LogP contribution in [0.5, 0.6) is 5.75 Å². The summed E-state index contributed by atoms with van der Waals surface area (Å²) in [6, 6.07) is 8.15. The number of hydrogen-bond donors (Lipinski definition) is 1. The number of nitrogens with one attached hydrogen (secondary N) is 1. The van der Waals surface area contributed by atoms with E-state index < -0.39 is 0 Å². The molecule has 1 aliphatic heterocycles. The number of anilines is 1. The quantitative estimate of drug-likeness (QED) is 0.625. The van der Waals surface area contributed by atoms with E-state index in [2.05, 4.69) is 21.9 Å². The third kappa shape index (κ3) is 2.70. The maximum atomic E-state index is 7.61. The van der Waals surface area contributed by atoms with Gasteiger partial charge in [0, 0.05) is 37.9 Å². The van der Waals surface area contributed by atoms with Gasteiger partial charge in [0.2, 0.25) is 0 Å². The van der Waals surface area contributed by atoms with Crippen molar-refractivity contribution in [3.8, 4) is 5.75 Å². The summed E-state index contributed by atoms with van der Waals surface area (Å²) in [6.45, 7) is 5.62. The molecule has 1 heterocycles. The molecule has 0 aliphatic carbocycles. The van der Waals surface area contributed by atoms with Gasteiger partial charge in [0.05, 0.1) is 12.9 Å². The number of rotatable bonds is 2. The van der Waals surface area contributed by atoms with Gasteiger partial charge in [0.15, 0.2) is 0 Å². The van der Waals surface area contributed by atoms with Crippen LogP contribution in [0.2, 0.25) is 0 Å². The molecule has 17 heavy (non-hydrogen) atoms. The Labute approximate surface area is 102 Å². The molecule has 1 saturated heterocycles. The molecule has 4 heteroatoms. The van der Waals surface area contributed by atoms with Crippen molar-refractivity contribution in [2.24, 2.45) is 0 Å². The number of amidine groups is 1. The SMILES string of the molecule is COc1cccc(N2CCN(C(C)=N)CC2)c1. The van der Waals surface area contributed by atoms with Crippen LogP contribution in [-0.4, -0.2) is 44.0 Å². The van der Waals surface area contributed by atoms with E-state index >= 15 is 0 Å². The fraction of sp³-hybridized carbons (Fsp3) is 0.462. The molecule has 0 unspecified atom stereocenters. The van der Waals surface area contributed by atoms with Gasteiger partial charge in [-0.1, -0.05) is 6.07 Å². The number of piperazine rings is 1. The molecule has 0 radical (unpaired) electrons. The van der Waals surface area contributed by atoms with Crippen molar-refractivity contribution in [2.45, 2.75) is 6.92 Å². The molecule has 2 rings (SSSR count). The van der Waals surface area contributed by atoms with E-state index in [-0.39, 0.29) is 0 Å². The minimum atomic E-state index is 0.662. The monoisotopic (exact) mass is 233 g/mol. The first-order valence-electron chi connectivity index (χ1n) is 5.90. The summed E-state index contributed by atoms with van der Waals surface area (Å²) >= 11 is 0. The van der Waals surface area contributed by atoms with Gasteiger partial charge in [-0.05, 0) is 19.1 Å². The first kappa shape index (κ1) is 11.8. The molecular formula is C13H19N3O. The largest absolute Gasteiger partial charge is 0.497 e. The topological polar surface area (TPSA) is 39.6 Å². The van der Waals surface area contributed by atoms with Gasteiger partial charge in [0.1, 0.15) is 5.75 Å². The van der Waals surface area contributed by atoms with Crippen molar-refractivity contribution in [2.75, 3.05) is 38.2 Å². The summed E-state index contributed by atoms with van der Waals surface area (Å²) < 4.78 is 5.23. The standard InChI is InChI=1S/C13H19N3O/c1-11(14)15-6-8-16(9-7-15)12-4-3-5-13(10-12)17-2/h3-5,10,14H,6-9H2,1-2H3. The lowest BCUT2D eigenvalue weighted by molar-refractivity contribution is 0.381. The molecule has 1 aromatic carbocycles. The highest BCUT2D eigenvalue weighted by Crippen LogP contribution is 2.21. The van der Waals surface area contributed by atoms with Crippen LogP contribution in [-0.2, 0) is 0 Å². The molecule has 0 atom stereocenters. The normalized spacial score (nSPS) is 15.9. The molecule has 1 fully saturated rings. The van der Waals surface area contributed by atoms with E-state index in [0.29, 0.717) is 5.84 Å². The van der Waals surface area contributed by atoms with Crippen LogP contribution >= 0.6 is 0 Å². The van der Waals surface area contributed by atoms with Crippen molar-refractivity contribution in [3.63, 3.8) is 0 Å². The third-order valence-corrected chi connectivity index (χ3v) is 3.17. The summed E-state index contributed by atoms with van der Waals surface area (Å²) in [6.07, 6.45) is 0. The van der Waals surface area contributed by atoms with Gasteiger partial charge in [-0.3, -0.25) is 5.41 Å². The van der Waals surface area contributed by atoms with E-state index in [1.165, 1.54) is 5.69 Å². The molecular weight excluding hydrogens is 214 g/mol. The van der Waals surface area contributed by atoms with E-state index in [1.807, 2.05) is 19.1 Å². The molecule has 0 aromatic heterocycles. The van der Waals surface area contributed by atoms with E-state index in [0.717, 1.165) is 31.9 Å². The fourth-order valence-electron chi connectivity index (χ4n) is 2.11. The van der Waals surface area contributed by atoms with Crippen LogP contribution in [0.4, 0.5) is 5.69 Å². The lowest BCUT2D eigenvalue weighted by atomic mass is 10.2. The molecule has 0 amide bonds. The van der Waals surface area contributed by atoms with Crippen LogP contribution in [0.25, 0.3) is 0 Å². The highest BCUT2D eigenvalue weighted by atomic mass is 16.5. The molecule has 1 aliphatic rings. The number of hydrogen-bond acceptors (Lipinski definition) is 3. The minimum Gasteiger partial charge on any atom is -0.497 e. The Hall–Kier alpha value is -1.71. The van der Waals surface area contributed by atoms with Gasteiger partial charge in [0.25, 0.3) is 0 Å². The highest BCUT2D eigenvalue weighted by Gasteiger charge is 2.17.